The van der Waals surface area contributed by atoms with Crippen LogP contribution in [0.1, 0.15) is 34.3 Å². The molecule has 2 aromatic carbocycles. The Morgan fingerprint density at radius 2 is 1.71 bits per heavy atom. The van der Waals surface area contributed by atoms with Crippen molar-refractivity contribution in [2.75, 3.05) is 7.11 Å². The van der Waals surface area contributed by atoms with Crippen LogP contribution in [0.4, 0.5) is 13.2 Å². The number of methoxy groups -OCH3 is 1. The predicted octanol–water partition coefficient (Wildman–Crippen LogP) is 4.13. The van der Waals surface area contributed by atoms with E-state index in [2.05, 4.69) is 5.32 Å². The van der Waals surface area contributed by atoms with Crippen LogP contribution in [0.25, 0.3) is 0 Å². The zero-order chi connectivity index (χ0) is 17.4. The highest BCUT2D eigenvalue weighted by Crippen LogP contribution is 2.49. The first-order chi connectivity index (χ1) is 11.4. The van der Waals surface area contributed by atoms with Gasteiger partial charge in [-0.1, -0.05) is 18.2 Å². The van der Waals surface area contributed by atoms with E-state index in [-0.39, 0.29) is 5.56 Å². The molecular formula is C18H16F3NO2. The number of carbonyl (C=O) groups is 1. The van der Waals surface area contributed by atoms with Gasteiger partial charge in [-0.05, 0) is 43.2 Å². The summed E-state index contributed by atoms with van der Waals surface area (Å²) in [5.41, 5.74) is -0.200. The SMILES string of the molecule is COc1ccccc1C1(NC(=O)c2ccc(C(F)(F)F)cc2)CC1. The lowest BCUT2D eigenvalue weighted by atomic mass is 10.0. The number of ether oxygens (including phenoxy) is 1. The molecule has 0 heterocycles. The summed E-state index contributed by atoms with van der Waals surface area (Å²) in [4.78, 5) is 12.4. The number of hydrogen-bond acceptors (Lipinski definition) is 2. The molecule has 1 fully saturated rings. The van der Waals surface area contributed by atoms with Crippen LogP contribution in [0, 0.1) is 0 Å². The van der Waals surface area contributed by atoms with Crippen molar-refractivity contribution in [1.82, 2.24) is 5.32 Å². The van der Waals surface area contributed by atoms with Gasteiger partial charge in [0.25, 0.3) is 5.91 Å². The molecule has 0 aliphatic heterocycles. The Labute approximate surface area is 137 Å². The summed E-state index contributed by atoms with van der Waals surface area (Å²) in [6.07, 6.45) is -2.89. The monoisotopic (exact) mass is 335 g/mol. The van der Waals surface area contributed by atoms with E-state index in [9.17, 15) is 18.0 Å². The molecule has 0 saturated heterocycles. The number of para-hydroxylation sites is 1. The normalized spacial score (nSPS) is 15.7. The van der Waals surface area contributed by atoms with Crippen LogP contribution in [-0.2, 0) is 11.7 Å². The number of hydrogen-bond donors (Lipinski definition) is 1. The number of benzene rings is 2. The highest BCUT2D eigenvalue weighted by Gasteiger charge is 2.47. The third kappa shape index (κ3) is 3.09. The molecule has 3 nitrogen and oxygen atoms in total. The molecule has 3 rings (SSSR count). The van der Waals surface area contributed by atoms with E-state index < -0.39 is 23.2 Å². The van der Waals surface area contributed by atoms with Gasteiger partial charge in [0.15, 0.2) is 0 Å². The summed E-state index contributed by atoms with van der Waals surface area (Å²) in [5.74, 6) is 0.287. The van der Waals surface area contributed by atoms with E-state index in [0.717, 1.165) is 30.5 Å². The summed E-state index contributed by atoms with van der Waals surface area (Å²) in [6.45, 7) is 0. The van der Waals surface area contributed by atoms with Crippen LogP contribution in [0.2, 0.25) is 0 Å². The molecule has 126 valence electrons. The minimum absolute atomic E-state index is 0.198. The lowest BCUT2D eigenvalue weighted by molar-refractivity contribution is -0.137. The van der Waals surface area contributed by atoms with Gasteiger partial charge in [0.1, 0.15) is 5.75 Å². The Morgan fingerprint density at radius 3 is 2.25 bits per heavy atom. The van der Waals surface area contributed by atoms with Crippen LogP contribution in [0.3, 0.4) is 0 Å². The Bertz CT molecular complexity index is 750. The number of amides is 1. The van der Waals surface area contributed by atoms with Crippen molar-refractivity contribution in [1.29, 1.82) is 0 Å². The van der Waals surface area contributed by atoms with Crippen LogP contribution >= 0.6 is 0 Å². The van der Waals surface area contributed by atoms with Gasteiger partial charge in [0.05, 0.1) is 18.2 Å². The first-order valence-corrected chi connectivity index (χ1v) is 7.49. The second-order valence-corrected chi connectivity index (χ2v) is 5.81. The maximum Gasteiger partial charge on any atom is 0.416 e. The summed E-state index contributed by atoms with van der Waals surface area (Å²) < 4.78 is 43.1. The molecule has 2 aromatic rings. The molecule has 1 saturated carbocycles. The predicted molar refractivity (Wildman–Crippen MR) is 82.8 cm³/mol. The lowest BCUT2D eigenvalue weighted by Gasteiger charge is -2.20. The van der Waals surface area contributed by atoms with Crippen molar-refractivity contribution >= 4 is 5.91 Å². The lowest BCUT2D eigenvalue weighted by Crippen LogP contribution is -2.35. The highest BCUT2D eigenvalue weighted by molar-refractivity contribution is 5.95. The van der Waals surface area contributed by atoms with Crippen molar-refractivity contribution in [2.24, 2.45) is 0 Å². The number of nitrogens with one attached hydrogen (secondary N) is 1. The van der Waals surface area contributed by atoms with Gasteiger partial charge in [0.2, 0.25) is 0 Å². The van der Waals surface area contributed by atoms with Crippen molar-refractivity contribution in [3.05, 3.63) is 65.2 Å². The molecule has 1 amide bonds. The van der Waals surface area contributed by atoms with E-state index in [1.165, 1.54) is 12.1 Å². The average Bonchev–Trinajstić information content (AvgIpc) is 3.34. The topological polar surface area (TPSA) is 38.3 Å². The van der Waals surface area contributed by atoms with Crippen LogP contribution < -0.4 is 10.1 Å². The molecule has 1 N–H and O–H groups in total. The maximum absolute atomic E-state index is 12.6. The summed E-state index contributed by atoms with van der Waals surface area (Å²) in [5, 5.41) is 2.93. The van der Waals surface area contributed by atoms with Gasteiger partial charge in [-0.15, -0.1) is 0 Å². The van der Waals surface area contributed by atoms with Crippen LogP contribution in [-0.4, -0.2) is 13.0 Å². The Kier molecular flexibility index (Phi) is 3.99. The molecule has 0 aromatic heterocycles. The van der Waals surface area contributed by atoms with E-state index >= 15 is 0 Å². The maximum atomic E-state index is 12.6. The fourth-order valence-electron chi connectivity index (χ4n) is 2.73. The first-order valence-electron chi connectivity index (χ1n) is 7.49. The Morgan fingerprint density at radius 1 is 1.08 bits per heavy atom. The molecule has 6 heteroatoms. The average molecular weight is 335 g/mol. The highest BCUT2D eigenvalue weighted by atomic mass is 19.4. The zero-order valence-electron chi connectivity index (χ0n) is 13.0. The number of halogens is 3. The van der Waals surface area contributed by atoms with Gasteiger partial charge in [0, 0.05) is 11.1 Å². The molecule has 24 heavy (non-hydrogen) atoms. The van der Waals surface area contributed by atoms with Crippen molar-refractivity contribution in [3.63, 3.8) is 0 Å². The van der Waals surface area contributed by atoms with E-state index in [1.54, 1.807) is 7.11 Å². The smallest absolute Gasteiger partial charge is 0.416 e. The van der Waals surface area contributed by atoms with Crippen molar-refractivity contribution in [3.8, 4) is 5.75 Å². The Balaban J connectivity index is 1.80. The molecular weight excluding hydrogens is 319 g/mol. The summed E-state index contributed by atoms with van der Waals surface area (Å²) >= 11 is 0. The molecule has 0 unspecified atom stereocenters. The molecule has 0 atom stereocenters. The number of alkyl halides is 3. The van der Waals surface area contributed by atoms with E-state index in [1.807, 2.05) is 24.3 Å². The van der Waals surface area contributed by atoms with Gasteiger partial charge in [-0.3, -0.25) is 4.79 Å². The van der Waals surface area contributed by atoms with Gasteiger partial charge in [-0.25, -0.2) is 0 Å². The summed E-state index contributed by atoms with van der Waals surface area (Å²) in [6, 6.07) is 11.6. The minimum atomic E-state index is -4.41. The first kappa shape index (κ1) is 16.4. The molecule has 0 radical (unpaired) electrons. The van der Waals surface area contributed by atoms with Crippen molar-refractivity contribution < 1.29 is 22.7 Å². The Hall–Kier alpha value is -2.50. The quantitative estimate of drug-likeness (QED) is 0.912. The number of carbonyl (C=O) groups excluding carboxylic acids is 1. The fraction of sp³-hybridized carbons (Fsp3) is 0.278. The largest absolute Gasteiger partial charge is 0.496 e. The van der Waals surface area contributed by atoms with Gasteiger partial charge in [-0.2, -0.15) is 13.2 Å². The van der Waals surface area contributed by atoms with Gasteiger partial charge >= 0.3 is 6.18 Å². The molecule has 1 aliphatic rings. The van der Waals surface area contributed by atoms with Gasteiger partial charge < -0.3 is 10.1 Å². The van der Waals surface area contributed by atoms with Crippen LogP contribution in [0.15, 0.2) is 48.5 Å². The van der Waals surface area contributed by atoms with E-state index in [0.29, 0.717) is 5.75 Å². The molecule has 1 aliphatic carbocycles. The van der Waals surface area contributed by atoms with E-state index in [4.69, 9.17) is 4.74 Å². The standard InChI is InChI=1S/C18H16F3NO2/c1-24-15-5-3-2-4-14(15)17(10-11-17)22-16(23)12-6-8-13(9-7-12)18(19,20)21/h2-9H,10-11H2,1H3,(H,22,23). The zero-order valence-corrected chi connectivity index (χ0v) is 13.0. The second kappa shape index (κ2) is 5.85. The number of rotatable bonds is 4. The minimum Gasteiger partial charge on any atom is -0.496 e. The third-order valence-corrected chi connectivity index (χ3v) is 4.20. The fourth-order valence-corrected chi connectivity index (χ4v) is 2.73. The van der Waals surface area contributed by atoms with Crippen LogP contribution in [0.5, 0.6) is 5.75 Å². The molecule has 0 bridgehead atoms. The van der Waals surface area contributed by atoms with Crippen molar-refractivity contribution in [2.45, 2.75) is 24.6 Å². The third-order valence-electron chi connectivity index (χ3n) is 4.20. The molecule has 0 spiro atoms. The summed E-state index contributed by atoms with van der Waals surface area (Å²) in [7, 11) is 1.56. The second-order valence-electron chi connectivity index (χ2n) is 5.81.